The third-order valence-electron chi connectivity index (χ3n) is 5.13. The molecular weight excluding hydrogens is 386 g/mol. The molecule has 2 aliphatic rings. The molecule has 4 heterocycles. The number of hydrogen-bond donors (Lipinski definition) is 2. The van der Waals surface area contributed by atoms with Crippen LogP contribution in [0.5, 0.6) is 5.75 Å². The maximum Gasteiger partial charge on any atom is 0.263 e. The largest absolute Gasteiger partial charge is 0.490 e. The standard InChI is InChI=1S/C21H21N5O2S/c1-21(2)10-14-18(19(27)25-21)29-20(24-14)26-7-8-28-16-5-3-12(9-15(16)26)13-4-6-17(22)23-11-13/h3-6,9,11H,7-8,10H2,1-2H3,(H2,22,23)(H,25,27). The molecule has 8 heteroatoms. The highest BCUT2D eigenvalue weighted by Crippen LogP contribution is 2.42. The minimum atomic E-state index is -0.284. The third kappa shape index (κ3) is 3.19. The molecule has 0 saturated heterocycles. The maximum absolute atomic E-state index is 12.5. The zero-order valence-electron chi connectivity index (χ0n) is 16.2. The van der Waals surface area contributed by atoms with E-state index in [2.05, 4.69) is 21.3 Å². The fraction of sp³-hybridized carbons (Fsp3) is 0.286. The summed E-state index contributed by atoms with van der Waals surface area (Å²) in [5, 5.41) is 3.87. The number of hydrogen-bond acceptors (Lipinski definition) is 7. The van der Waals surface area contributed by atoms with Crippen molar-refractivity contribution in [3.05, 3.63) is 47.1 Å². The number of nitrogen functional groups attached to an aromatic ring is 1. The summed E-state index contributed by atoms with van der Waals surface area (Å²) in [6.07, 6.45) is 2.48. The van der Waals surface area contributed by atoms with Gasteiger partial charge in [0, 0.05) is 23.7 Å². The van der Waals surface area contributed by atoms with Gasteiger partial charge in [0.05, 0.1) is 17.9 Å². The summed E-state index contributed by atoms with van der Waals surface area (Å²) < 4.78 is 5.86. The van der Waals surface area contributed by atoms with Gasteiger partial charge in [-0.25, -0.2) is 9.97 Å². The van der Waals surface area contributed by atoms with Crippen molar-refractivity contribution in [3.8, 4) is 16.9 Å². The van der Waals surface area contributed by atoms with E-state index in [0.29, 0.717) is 23.8 Å². The Balaban J connectivity index is 1.55. The molecule has 1 amide bonds. The topological polar surface area (TPSA) is 93.4 Å². The van der Waals surface area contributed by atoms with E-state index in [4.69, 9.17) is 15.5 Å². The van der Waals surface area contributed by atoms with E-state index >= 15 is 0 Å². The second-order valence-corrected chi connectivity index (χ2v) is 8.92. The van der Waals surface area contributed by atoms with Gasteiger partial charge in [-0.2, -0.15) is 0 Å². The molecule has 29 heavy (non-hydrogen) atoms. The van der Waals surface area contributed by atoms with Crippen LogP contribution in [0.1, 0.15) is 29.2 Å². The lowest BCUT2D eigenvalue weighted by molar-refractivity contribution is 0.0901. The molecule has 0 spiro atoms. The molecule has 7 nitrogen and oxygen atoms in total. The Kier molecular flexibility index (Phi) is 3.99. The van der Waals surface area contributed by atoms with Gasteiger partial charge >= 0.3 is 0 Å². The summed E-state index contributed by atoms with van der Waals surface area (Å²) in [7, 11) is 0. The number of fused-ring (bicyclic) bond motifs is 2. The molecule has 0 aliphatic carbocycles. The Morgan fingerprint density at radius 3 is 2.86 bits per heavy atom. The van der Waals surface area contributed by atoms with Crippen molar-refractivity contribution in [2.24, 2.45) is 0 Å². The second kappa shape index (κ2) is 6.45. The Labute approximate surface area is 172 Å². The van der Waals surface area contributed by atoms with Gasteiger partial charge in [-0.3, -0.25) is 4.79 Å². The summed E-state index contributed by atoms with van der Waals surface area (Å²) in [4.78, 5) is 24.4. The van der Waals surface area contributed by atoms with Gasteiger partial charge in [0.15, 0.2) is 5.13 Å². The molecule has 3 aromatic rings. The van der Waals surface area contributed by atoms with Crippen LogP contribution in [0.2, 0.25) is 0 Å². The predicted molar refractivity (Wildman–Crippen MR) is 114 cm³/mol. The van der Waals surface area contributed by atoms with Crippen LogP contribution < -0.4 is 20.7 Å². The number of pyridine rings is 1. The van der Waals surface area contributed by atoms with Crippen LogP contribution >= 0.6 is 11.3 Å². The number of anilines is 3. The Morgan fingerprint density at radius 1 is 1.24 bits per heavy atom. The summed E-state index contributed by atoms with van der Waals surface area (Å²) in [5.41, 5.74) is 9.24. The zero-order chi connectivity index (χ0) is 20.2. The number of rotatable bonds is 2. The molecule has 148 valence electrons. The highest BCUT2D eigenvalue weighted by Gasteiger charge is 2.34. The van der Waals surface area contributed by atoms with E-state index in [1.54, 1.807) is 12.3 Å². The van der Waals surface area contributed by atoms with Gasteiger partial charge < -0.3 is 20.7 Å². The van der Waals surface area contributed by atoms with Crippen molar-refractivity contribution >= 4 is 33.9 Å². The molecule has 5 rings (SSSR count). The van der Waals surface area contributed by atoms with Crippen molar-refractivity contribution < 1.29 is 9.53 Å². The zero-order valence-corrected chi connectivity index (χ0v) is 17.0. The summed E-state index contributed by atoms with van der Waals surface area (Å²) in [5.74, 6) is 1.25. The Bertz CT molecular complexity index is 1110. The fourth-order valence-electron chi connectivity index (χ4n) is 3.75. The lowest BCUT2D eigenvalue weighted by atomic mass is 9.94. The van der Waals surface area contributed by atoms with Gasteiger partial charge in [-0.15, -0.1) is 0 Å². The van der Waals surface area contributed by atoms with Crippen molar-refractivity contribution in [3.63, 3.8) is 0 Å². The van der Waals surface area contributed by atoms with Gasteiger partial charge in [0.2, 0.25) is 0 Å². The van der Waals surface area contributed by atoms with E-state index in [9.17, 15) is 4.79 Å². The number of nitrogens with two attached hydrogens (primary N) is 1. The van der Waals surface area contributed by atoms with E-state index in [0.717, 1.165) is 39.8 Å². The first-order chi connectivity index (χ1) is 13.9. The SMILES string of the molecule is CC1(C)Cc2nc(N3CCOc4ccc(-c5ccc(N)nc5)cc43)sc2C(=O)N1. The summed E-state index contributed by atoms with van der Waals surface area (Å²) in [6.45, 7) is 5.28. The third-order valence-corrected chi connectivity index (χ3v) is 6.25. The Hall–Kier alpha value is -3.13. The molecule has 0 saturated carbocycles. The lowest BCUT2D eigenvalue weighted by Gasteiger charge is -2.29. The maximum atomic E-state index is 12.5. The van der Waals surface area contributed by atoms with Gasteiger partial charge in [0.25, 0.3) is 5.91 Å². The Morgan fingerprint density at radius 2 is 2.07 bits per heavy atom. The number of thiazole rings is 1. The first-order valence-electron chi connectivity index (χ1n) is 9.48. The van der Waals surface area contributed by atoms with Gasteiger partial charge in [0.1, 0.15) is 23.1 Å². The smallest absolute Gasteiger partial charge is 0.263 e. The number of benzene rings is 1. The molecule has 2 aromatic heterocycles. The molecule has 0 radical (unpaired) electrons. The van der Waals surface area contributed by atoms with E-state index < -0.39 is 0 Å². The van der Waals surface area contributed by atoms with Crippen LogP contribution in [0.15, 0.2) is 36.5 Å². The molecule has 3 N–H and O–H groups in total. The molecular formula is C21H21N5O2S. The van der Waals surface area contributed by atoms with E-state index in [-0.39, 0.29) is 11.4 Å². The van der Waals surface area contributed by atoms with Crippen LogP contribution in [0, 0.1) is 0 Å². The second-order valence-electron chi connectivity index (χ2n) is 7.94. The summed E-state index contributed by atoms with van der Waals surface area (Å²) >= 11 is 1.44. The normalized spacial score (nSPS) is 17.2. The first-order valence-corrected chi connectivity index (χ1v) is 10.3. The summed E-state index contributed by atoms with van der Waals surface area (Å²) in [6, 6.07) is 9.80. The quantitative estimate of drug-likeness (QED) is 0.676. The molecule has 0 unspecified atom stereocenters. The average molecular weight is 407 g/mol. The molecule has 1 aromatic carbocycles. The highest BCUT2D eigenvalue weighted by atomic mass is 32.1. The molecule has 2 aliphatic heterocycles. The number of carbonyl (C=O) groups excluding carboxylic acids is 1. The van der Waals surface area contributed by atoms with Gasteiger partial charge in [-0.05, 0) is 43.7 Å². The van der Waals surface area contributed by atoms with Crippen molar-refractivity contribution in [1.29, 1.82) is 0 Å². The monoisotopic (exact) mass is 407 g/mol. The number of ether oxygens (including phenoxy) is 1. The lowest BCUT2D eigenvalue weighted by Crippen LogP contribution is -2.48. The van der Waals surface area contributed by atoms with E-state index in [1.165, 1.54) is 11.3 Å². The molecule has 0 atom stereocenters. The van der Waals surface area contributed by atoms with Gasteiger partial charge in [-0.1, -0.05) is 17.4 Å². The van der Waals surface area contributed by atoms with Crippen LogP contribution in [0.3, 0.4) is 0 Å². The minimum Gasteiger partial charge on any atom is -0.490 e. The van der Waals surface area contributed by atoms with Crippen LogP contribution in [-0.2, 0) is 6.42 Å². The van der Waals surface area contributed by atoms with Crippen molar-refractivity contribution in [2.45, 2.75) is 25.8 Å². The minimum absolute atomic E-state index is 0.0461. The number of nitrogens with zero attached hydrogens (tertiary/aromatic N) is 3. The van der Waals surface area contributed by atoms with Crippen LogP contribution in [-0.4, -0.2) is 34.6 Å². The number of amides is 1. The fourth-order valence-corrected chi connectivity index (χ4v) is 4.77. The number of carbonyl (C=O) groups is 1. The highest BCUT2D eigenvalue weighted by molar-refractivity contribution is 7.17. The first kappa shape index (κ1) is 17.9. The van der Waals surface area contributed by atoms with Crippen molar-refractivity contribution in [1.82, 2.24) is 15.3 Å². The molecule has 0 fully saturated rings. The number of nitrogens with one attached hydrogen (secondary N) is 1. The molecule has 0 bridgehead atoms. The van der Waals surface area contributed by atoms with Crippen LogP contribution in [0.25, 0.3) is 11.1 Å². The number of aromatic nitrogens is 2. The average Bonchev–Trinajstić information content (AvgIpc) is 3.10. The predicted octanol–water partition coefficient (Wildman–Crippen LogP) is 3.38. The van der Waals surface area contributed by atoms with Crippen molar-refractivity contribution in [2.75, 3.05) is 23.8 Å². The van der Waals surface area contributed by atoms with E-state index in [1.807, 2.05) is 32.0 Å². The van der Waals surface area contributed by atoms with Crippen LogP contribution in [0.4, 0.5) is 16.6 Å².